The lowest BCUT2D eigenvalue weighted by Crippen LogP contribution is -2.51. The Balaban J connectivity index is -0.000000101. The first-order valence-electron chi connectivity index (χ1n) is 2.34. The van der Waals surface area contributed by atoms with Gasteiger partial charge < -0.3 is 14.1 Å². The van der Waals surface area contributed by atoms with Crippen molar-refractivity contribution in [1.82, 2.24) is 0 Å². The molecule has 72 valence electrons. The van der Waals surface area contributed by atoms with Gasteiger partial charge in [0.1, 0.15) is 0 Å². The van der Waals surface area contributed by atoms with Crippen LogP contribution in [-0.4, -0.2) is 21.1 Å². The van der Waals surface area contributed by atoms with E-state index in [0.717, 1.165) is 0 Å². The van der Waals surface area contributed by atoms with Crippen molar-refractivity contribution in [2.45, 2.75) is 0 Å². The Bertz CT molecular complexity index is 118. The molecule has 0 heterocycles. The van der Waals surface area contributed by atoms with Crippen molar-refractivity contribution in [3.63, 3.8) is 0 Å². The molecule has 0 aliphatic carbocycles. The molecule has 0 fully saturated rings. The van der Waals surface area contributed by atoms with E-state index in [1.165, 1.54) is 0 Å². The summed E-state index contributed by atoms with van der Waals surface area (Å²) in [6.07, 6.45) is 0. The SMILES string of the molecule is NC(N)=[NH2+].NC(N)=[NH2+].O=[Si]([O-])[O-]. The molecule has 9 nitrogen and oxygen atoms in total. The van der Waals surface area contributed by atoms with E-state index in [4.69, 9.17) is 14.1 Å². The second kappa shape index (κ2) is 11.9. The molecule has 0 rings (SSSR count). The molecule has 0 amide bonds. The smallest absolute Gasteiger partial charge is 0.336 e. The van der Waals surface area contributed by atoms with Gasteiger partial charge in [-0.2, -0.15) is 0 Å². The zero-order valence-corrected chi connectivity index (χ0v) is 7.19. The van der Waals surface area contributed by atoms with Crippen LogP contribution in [0.5, 0.6) is 0 Å². The van der Waals surface area contributed by atoms with Crippen LogP contribution in [0.4, 0.5) is 0 Å². The van der Waals surface area contributed by atoms with Crippen LogP contribution in [0.3, 0.4) is 0 Å². The predicted molar refractivity (Wildman–Crippen MR) is 37.1 cm³/mol. The van der Waals surface area contributed by atoms with E-state index in [0.29, 0.717) is 0 Å². The highest BCUT2D eigenvalue weighted by atomic mass is 28.3. The van der Waals surface area contributed by atoms with Gasteiger partial charge in [-0.05, 0) is 0 Å². The molecule has 0 bridgehead atoms. The van der Waals surface area contributed by atoms with Crippen molar-refractivity contribution in [2.24, 2.45) is 22.9 Å². The van der Waals surface area contributed by atoms with Crippen LogP contribution < -0.4 is 43.3 Å². The normalized spacial score (nSPS) is 6.00. The second-order valence-electron chi connectivity index (χ2n) is 1.25. The zero-order valence-electron chi connectivity index (χ0n) is 6.19. The average molecular weight is 196 g/mol. The molecular weight excluding hydrogens is 184 g/mol. The summed E-state index contributed by atoms with van der Waals surface area (Å²) >= 11 is 0. The third-order valence-electron chi connectivity index (χ3n) is 0. The minimum absolute atomic E-state index is 0.0833. The third-order valence-corrected chi connectivity index (χ3v) is 0. The first-order chi connectivity index (χ1) is 5.20. The second-order valence-corrected chi connectivity index (χ2v) is 1.75. The minimum Gasteiger partial charge on any atom is -0.672 e. The standard InChI is InChI=1S/2CH5N3.O3Si/c2*2-1(3)4;1-4(2)3/h2*(H5,2,3,4);/q;;-2/p+2. The molecular formula is C2H12N6O3Si. The molecule has 12 heavy (non-hydrogen) atoms. The predicted octanol–water partition coefficient (Wildman–Crippen LogP) is -8.84. The summed E-state index contributed by atoms with van der Waals surface area (Å²) in [7, 11) is -3.63. The Kier molecular flexibility index (Phi) is 16.5. The molecule has 0 unspecified atom stereocenters. The molecule has 0 aliphatic rings. The van der Waals surface area contributed by atoms with Crippen LogP contribution in [0.15, 0.2) is 0 Å². The maximum absolute atomic E-state index is 8.52. The largest absolute Gasteiger partial charge is 0.672 e. The van der Waals surface area contributed by atoms with Crippen LogP contribution in [0.25, 0.3) is 0 Å². The quantitative estimate of drug-likeness (QED) is 0.124. The van der Waals surface area contributed by atoms with Crippen LogP contribution in [0.1, 0.15) is 0 Å². The lowest BCUT2D eigenvalue weighted by atomic mass is 11.1. The van der Waals surface area contributed by atoms with Gasteiger partial charge in [-0.15, -0.1) is 0 Å². The van der Waals surface area contributed by atoms with Gasteiger partial charge in [0.15, 0.2) is 0 Å². The topological polar surface area (TPSA) is 218 Å². The van der Waals surface area contributed by atoms with Gasteiger partial charge >= 0.3 is 11.9 Å². The van der Waals surface area contributed by atoms with E-state index in [-0.39, 0.29) is 11.9 Å². The summed E-state index contributed by atoms with van der Waals surface area (Å²) in [6.45, 7) is 0. The number of guanidine groups is 2. The van der Waals surface area contributed by atoms with Crippen molar-refractivity contribution in [2.75, 3.05) is 0 Å². The van der Waals surface area contributed by atoms with Gasteiger partial charge in [0.25, 0.3) is 0 Å². The number of hydrogen-bond donors (Lipinski definition) is 6. The van der Waals surface area contributed by atoms with E-state index < -0.39 is 9.17 Å². The highest BCUT2D eigenvalue weighted by molar-refractivity contribution is 6.17. The summed E-state index contributed by atoms with van der Waals surface area (Å²) in [5, 5.41) is 9.17. The Morgan fingerprint density at radius 2 is 1.00 bits per heavy atom. The minimum atomic E-state index is -3.63. The molecule has 0 saturated heterocycles. The van der Waals surface area contributed by atoms with E-state index >= 15 is 0 Å². The lowest BCUT2D eigenvalue weighted by molar-refractivity contribution is -0.354. The molecule has 0 atom stereocenters. The van der Waals surface area contributed by atoms with Crippen molar-refractivity contribution in [3.05, 3.63) is 0 Å². The molecule has 0 aromatic carbocycles. The van der Waals surface area contributed by atoms with Gasteiger partial charge in [0.2, 0.25) is 0 Å². The van der Waals surface area contributed by atoms with Crippen molar-refractivity contribution >= 4 is 21.1 Å². The average Bonchev–Trinajstić information content (AvgIpc) is 1.54. The fraction of sp³-hybridized carbons (Fsp3) is 0. The van der Waals surface area contributed by atoms with Gasteiger partial charge in [-0.3, -0.25) is 33.8 Å². The Labute approximate surface area is 69.9 Å². The maximum atomic E-state index is 8.52. The van der Waals surface area contributed by atoms with Crippen LogP contribution >= 0.6 is 0 Å². The highest BCUT2D eigenvalue weighted by Crippen LogP contribution is 0.990. The molecule has 0 saturated carbocycles. The summed E-state index contributed by atoms with van der Waals surface area (Å²) in [4.78, 5) is 17.0. The first-order valence-corrected chi connectivity index (χ1v) is 3.57. The number of nitrogens with two attached hydrogens (primary N) is 6. The molecule has 0 aliphatic heterocycles. The summed E-state index contributed by atoms with van der Waals surface area (Å²) in [5.74, 6) is -0.167. The monoisotopic (exact) mass is 196 g/mol. The van der Waals surface area contributed by atoms with E-state index in [1.54, 1.807) is 0 Å². The van der Waals surface area contributed by atoms with Gasteiger partial charge in [-0.1, -0.05) is 0 Å². The van der Waals surface area contributed by atoms with Crippen LogP contribution in [0.2, 0.25) is 0 Å². The number of rotatable bonds is 0. The van der Waals surface area contributed by atoms with Crippen molar-refractivity contribution < 1.29 is 24.9 Å². The van der Waals surface area contributed by atoms with Crippen LogP contribution in [-0.2, 0) is 4.46 Å². The summed E-state index contributed by atoms with van der Waals surface area (Å²) in [5.41, 5.74) is 18.3. The zero-order chi connectivity index (χ0) is 10.7. The summed E-state index contributed by atoms with van der Waals surface area (Å²) < 4.78 is 8.52. The molecule has 0 radical (unpaired) electrons. The van der Waals surface area contributed by atoms with E-state index in [2.05, 4.69) is 33.8 Å². The molecule has 0 spiro atoms. The van der Waals surface area contributed by atoms with Gasteiger partial charge in [-0.25, -0.2) is 0 Å². The Morgan fingerprint density at radius 1 is 1.00 bits per heavy atom. The van der Waals surface area contributed by atoms with Crippen LogP contribution in [0, 0.1) is 0 Å². The number of hydrogen-bond acceptors (Lipinski definition) is 3. The van der Waals surface area contributed by atoms with Crippen molar-refractivity contribution in [1.29, 1.82) is 0 Å². The fourth-order valence-electron chi connectivity index (χ4n) is 0. The molecule has 0 aromatic heterocycles. The van der Waals surface area contributed by atoms with Gasteiger partial charge in [0, 0.05) is 9.17 Å². The van der Waals surface area contributed by atoms with Crippen molar-refractivity contribution in [3.8, 4) is 0 Å². The Hall–Kier alpha value is -1.84. The fourth-order valence-corrected chi connectivity index (χ4v) is 0. The van der Waals surface area contributed by atoms with Gasteiger partial charge in [0.05, 0.1) is 0 Å². The molecule has 10 heteroatoms. The lowest BCUT2D eigenvalue weighted by Gasteiger charge is -1.94. The summed E-state index contributed by atoms with van der Waals surface area (Å²) in [6, 6.07) is 0. The molecule has 0 aromatic rings. The highest BCUT2D eigenvalue weighted by Gasteiger charge is 1.64. The maximum Gasteiger partial charge on any atom is 0.336 e. The molecule has 12 N–H and O–H groups in total. The van der Waals surface area contributed by atoms with E-state index in [1.807, 2.05) is 0 Å². The third kappa shape index (κ3) is 123. The Morgan fingerprint density at radius 3 is 1.00 bits per heavy atom. The van der Waals surface area contributed by atoms with E-state index in [9.17, 15) is 0 Å². The first kappa shape index (κ1) is 16.6.